The molecule has 1 saturated carbocycles. The monoisotopic (exact) mass is 246 g/mol. The van der Waals surface area contributed by atoms with Crippen LogP contribution in [0.2, 0.25) is 0 Å². The normalized spacial score (nSPS) is 22.9. The first-order valence-electron chi connectivity index (χ1n) is 7.00. The van der Waals surface area contributed by atoms with E-state index in [1.165, 1.54) is 24.8 Å². The summed E-state index contributed by atoms with van der Waals surface area (Å²) in [6.45, 7) is 2.43. The van der Waals surface area contributed by atoms with Crippen LogP contribution in [0.5, 0.6) is 0 Å². The van der Waals surface area contributed by atoms with Crippen molar-refractivity contribution in [2.45, 2.75) is 44.9 Å². The topological polar surface area (TPSA) is 26.3 Å². The number of hydrogen-bond donors (Lipinski definition) is 0. The molecule has 0 bridgehead atoms. The van der Waals surface area contributed by atoms with E-state index in [1.54, 1.807) is 0 Å². The van der Waals surface area contributed by atoms with Gasteiger partial charge in [0.1, 0.15) is 0 Å². The lowest BCUT2D eigenvalue weighted by Crippen LogP contribution is -2.07. The Kier molecular flexibility index (Phi) is 4.80. The lowest BCUT2D eigenvalue weighted by atomic mass is 9.95. The summed E-state index contributed by atoms with van der Waals surface area (Å²) in [5.41, 5.74) is 1.46. The molecule has 98 valence electrons. The van der Waals surface area contributed by atoms with Crippen molar-refractivity contribution in [3.63, 3.8) is 0 Å². The number of rotatable bonds is 5. The Morgan fingerprint density at radius 2 is 2.06 bits per heavy atom. The van der Waals surface area contributed by atoms with Crippen molar-refractivity contribution in [1.82, 2.24) is 0 Å². The molecule has 2 atom stereocenters. The van der Waals surface area contributed by atoms with Crippen molar-refractivity contribution in [1.29, 1.82) is 0 Å². The van der Waals surface area contributed by atoms with Crippen LogP contribution in [0.3, 0.4) is 0 Å². The van der Waals surface area contributed by atoms with E-state index in [1.807, 2.05) is 6.92 Å². The molecule has 2 unspecified atom stereocenters. The predicted molar refractivity (Wildman–Crippen MR) is 72.4 cm³/mol. The van der Waals surface area contributed by atoms with Gasteiger partial charge in [-0.2, -0.15) is 0 Å². The smallest absolute Gasteiger partial charge is 0.305 e. The number of benzene rings is 1. The molecule has 2 nitrogen and oxygen atoms in total. The minimum Gasteiger partial charge on any atom is -0.466 e. The molecule has 1 aliphatic rings. The van der Waals surface area contributed by atoms with Crippen molar-refractivity contribution < 1.29 is 9.53 Å². The number of hydrogen-bond acceptors (Lipinski definition) is 2. The molecule has 1 aliphatic carbocycles. The molecule has 0 saturated heterocycles. The van der Waals surface area contributed by atoms with Gasteiger partial charge >= 0.3 is 5.97 Å². The van der Waals surface area contributed by atoms with E-state index in [2.05, 4.69) is 30.3 Å². The Morgan fingerprint density at radius 1 is 1.28 bits per heavy atom. The second-order valence-corrected chi connectivity index (χ2v) is 5.15. The fourth-order valence-corrected chi connectivity index (χ4v) is 2.81. The molecule has 2 rings (SSSR count). The lowest BCUT2D eigenvalue weighted by molar-refractivity contribution is -0.143. The fraction of sp³-hybridized carbons (Fsp3) is 0.562. The Hall–Kier alpha value is -1.31. The predicted octanol–water partition coefficient (Wildman–Crippen LogP) is 3.91. The molecule has 18 heavy (non-hydrogen) atoms. The Balaban J connectivity index is 1.74. The van der Waals surface area contributed by atoms with Crippen molar-refractivity contribution >= 4 is 5.97 Å². The Labute approximate surface area is 109 Å². The van der Waals surface area contributed by atoms with Gasteiger partial charge in [-0.1, -0.05) is 37.3 Å². The van der Waals surface area contributed by atoms with Crippen molar-refractivity contribution in [3.8, 4) is 0 Å². The molecule has 0 aromatic heterocycles. The van der Waals surface area contributed by atoms with Gasteiger partial charge in [-0.05, 0) is 43.1 Å². The highest BCUT2D eigenvalue weighted by atomic mass is 16.5. The third-order valence-electron chi connectivity index (χ3n) is 3.89. The largest absolute Gasteiger partial charge is 0.466 e. The number of carbonyl (C=O) groups is 1. The van der Waals surface area contributed by atoms with Crippen molar-refractivity contribution in [2.75, 3.05) is 6.61 Å². The zero-order chi connectivity index (χ0) is 12.8. The van der Waals surface area contributed by atoms with Crippen LogP contribution in [0.25, 0.3) is 0 Å². The van der Waals surface area contributed by atoms with Crippen LogP contribution in [-0.2, 0) is 9.53 Å². The van der Waals surface area contributed by atoms with Crippen LogP contribution in [0.15, 0.2) is 30.3 Å². The molecule has 2 heteroatoms. The summed E-state index contributed by atoms with van der Waals surface area (Å²) in [6.07, 6.45) is 5.29. The molecule has 0 amide bonds. The molecule has 1 aromatic carbocycles. The average Bonchev–Trinajstić information content (AvgIpc) is 2.88. The molecule has 0 spiro atoms. The van der Waals surface area contributed by atoms with Gasteiger partial charge in [-0.15, -0.1) is 0 Å². The number of carbonyl (C=O) groups excluding carboxylic acids is 1. The van der Waals surface area contributed by atoms with Crippen LogP contribution in [0.4, 0.5) is 0 Å². The highest BCUT2D eigenvalue weighted by molar-refractivity contribution is 5.68. The van der Waals surface area contributed by atoms with Gasteiger partial charge in [0.25, 0.3) is 0 Å². The summed E-state index contributed by atoms with van der Waals surface area (Å²) in [4.78, 5) is 11.0. The number of ether oxygens (including phenoxy) is 1. The minimum absolute atomic E-state index is 0.0763. The maximum Gasteiger partial charge on any atom is 0.305 e. The second-order valence-electron chi connectivity index (χ2n) is 5.15. The molecule has 0 heterocycles. The first kappa shape index (κ1) is 13.1. The third kappa shape index (κ3) is 3.59. The van der Waals surface area contributed by atoms with Crippen molar-refractivity contribution in [3.05, 3.63) is 35.9 Å². The summed E-state index contributed by atoms with van der Waals surface area (Å²) in [7, 11) is 0. The third-order valence-corrected chi connectivity index (χ3v) is 3.89. The Bertz CT molecular complexity index is 372. The van der Waals surface area contributed by atoms with Gasteiger partial charge in [-0.3, -0.25) is 4.79 Å². The first-order chi connectivity index (χ1) is 8.79. The molecular formula is C16H22O2. The van der Waals surface area contributed by atoms with Gasteiger partial charge in [0.05, 0.1) is 6.61 Å². The van der Waals surface area contributed by atoms with Crippen molar-refractivity contribution in [2.24, 2.45) is 5.92 Å². The van der Waals surface area contributed by atoms with Crippen LogP contribution in [-0.4, -0.2) is 12.6 Å². The summed E-state index contributed by atoms with van der Waals surface area (Å²) >= 11 is 0. The van der Waals surface area contributed by atoms with Gasteiger partial charge in [0, 0.05) is 6.42 Å². The standard InChI is InChI=1S/C16H22O2/c1-2-16(17)18-11-10-13-8-9-15(12-13)14-6-4-3-5-7-14/h3-7,13,15H,2,8-12H2,1H3. The first-order valence-corrected chi connectivity index (χ1v) is 7.00. The quantitative estimate of drug-likeness (QED) is 0.736. The molecule has 1 fully saturated rings. The average molecular weight is 246 g/mol. The van der Waals surface area contributed by atoms with Crippen LogP contribution in [0.1, 0.15) is 50.5 Å². The van der Waals surface area contributed by atoms with E-state index in [-0.39, 0.29) is 5.97 Å². The van der Waals surface area contributed by atoms with E-state index in [4.69, 9.17) is 4.74 Å². The van der Waals surface area contributed by atoms with Gasteiger partial charge in [-0.25, -0.2) is 0 Å². The van der Waals surface area contributed by atoms with Gasteiger partial charge in [0.15, 0.2) is 0 Å². The Morgan fingerprint density at radius 3 is 2.78 bits per heavy atom. The second kappa shape index (κ2) is 6.58. The maximum atomic E-state index is 11.0. The van der Waals surface area contributed by atoms with Crippen LogP contribution in [0, 0.1) is 5.92 Å². The molecule has 0 N–H and O–H groups in total. The van der Waals surface area contributed by atoms with E-state index >= 15 is 0 Å². The summed E-state index contributed by atoms with van der Waals surface area (Å²) in [5.74, 6) is 1.35. The molecule has 1 aromatic rings. The fourth-order valence-electron chi connectivity index (χ4n) is 2.81. The van der Waals surface area contributed by atoms with E-state index < -0.39 is 0 Å². The SMILES string of the molecule is CCC(=O)OCCC1CCC(c2ccccc2)C1. The zero-order valence-electron chi connectivity index (χ0n) is 11.1. The minimum atomic E-state index is -0.0763. The highest BCUT2D eigenvalue weighted by Gasteiger charge is 2.25. The van der Waals surface area contributed by atoms with Gasteiger partial charge in [0.2, 0.25) is 0 Å². The highest BCUT2D eigenvalue weighted by Crippen LogP contribution is 2.39. The van der Waals surface area contributed by atoms with Crippen LogP contribution >= 0.6 is 0 Å². The van der Waals surface area contributed by atoms with E-state index in [9.17, 15) is 4.79 Å². The summed E-state index contributed by atoms with van der Waals surface area (Å²) in [6, 6.07) is 10.8. The van der Waals surface area contributed by atoms with E-state index in [0.29, 0.717) is 18.9 Å². The molecule has 0 radical (unpaired) electrons. The molecule has 0 aliphatic heterocycles. The van der Waals surface area contributed by atoms with Gasteiger partial charge < -0.3 is 4.74 Å². The maximum absolute atomic E-state index is 11.0. The molecular weight excluding hydrogens is 224 g/mol. The van der Waals surface area contributed by atoms with E-state index in [0.717, 1.165) is 12.3 Å². The lowest BCUT2D eigenvalue weighted by Gasteiger charge is -2.11. The zero-order valence-corrected chi connectivity index (χ0v) is 11.1. The van der Waals surface area contributed by atoms with Crippen LogP contribution < -0.4 is 0 Å². The summed E-state index contributed by atoms with van der Waals surface area (Å²) in [5, 5.41) is 0. The number of esters is 1. The summed E-state index contributed by atoms with van der Waals surface area (Å²) < 4.78 is 5.16.